The highest BCUT2D eigenvalue weighted by molar-refractivity contribution is 7.99. The summed E-state index contributed by atoms with van der Waals surface area (Å²) in [6.45, 7) is 8.02. The fourth-order valence-corrected chi connectivity index (χ4v) is 2.52. The Hall–Kier alpha value is -0.590. The van der Waals surface area contributed by atoms with Gasteiger partial charge in [0.15, 0.2) is 0 Å². The summed E-state index contributed by atoms with van der Waals surface area (Å²) in [7, 11) is 0. The van der Waals surface area contributed by atoms with E-state index in [-0.39, 0.29) is 11.6 Å². The summed E-state index contributed by atoms with van der Waals surface area (Å²) in [5.74, 6) is 3.34. The van der Waals surface area contributed by atoms with Gasteiger partial charge >= 0.3 is 0 Å². The lowest BCUT2D eigenvalue weighted by Gasteiger charge is -2.19. The number of nitrogens with one attached hydrogen (secondary N) is 1. The van der Waals surface area contributed by atoms with Crippen molar-refractivity contribution in [2.24, 2.45) is 0 Å². The Labute approximate surface area is 112 Å². The van der Waals surface area contributed by atoms with Crippen molar-refractivity contribution in [1.29, 1.82) is 0 Å². The van der Waals surface area contributed by atoms with E-state index in [2.05, 4.69) is 36.2 Å². The minimum atomic E-state index is -0.00294. The summed E-state index contributed by atoms with van der Waals surface area (Å²) >= 11 is 1.87. The largest absolute Gasteiger partial charge is 0.368 e. The monoisotopic (exact) mass is 271 g/mol. The van der Waals surface area contributed by atoms with E-state index in [0.717, 1.165) is 31.1 Å². The molecule has 102 valence electrons. The first-order valence-corrected chi connectivity index (χ1v) is 7.47. The highest BCUT2D eigenvalue weighted by Crippen LogP contribution is 2.24. The summed E-state index contributed by atoms with van der Waals surface area (Å²) in [5.41, 5.74) is 0.117. The number of thioether (sulfide) groups is 1. The van der Waals surface area contributed by atoms with Gasteiger partial charge in [0.1, 0.15) is 6.10 Å². The van der Waals surface area contributed by atoms with Gasteiger partial charge in [0.05, 0.1) is 6.61 Å². The van der Waals surface area contributed by atoms with Gasteiger partial charge in [-0.05, 0) is 20.8 Å². The van der Waals surface area contributed by atoms with Gasteiger partial charge in [-0.1, -0.05) is 5.16 Å². The van der Waals surface area contributed by atoms with Crippen molar-refractivity contribution < 1.29 is 9.26 Å². The van der Waals surface area contributed by atoms with E-state index < -0.39 is 0 Å². The molecule has 2 heterocycles. The topological polar surface area (TPSA) is 60.2 Å². The third-order valence-electron chi connectivity index (χ3n) is 2.58. The maximum Gasteiger partial charge on any atom is 0.228 e. The zero-order chi connectivity index (χ0) is 13.0. The lowest BCUT2D eigenvalue weighted by Crippen LogP contribution is -2.37. The fraction of sp³-hybridized carbons (Fsp3) is 0.833. The second-order valence-electron chi connectivity index (χ2n) is 5.41. The molecule has 1 aliphatic heterocycles. The van der Waals surface area contributed by atoms with Crippen LogP contribution >= 0.6 is 11.8 Å². The third kappa shape index (κ3) is 4.26. The van der Waals surface area contributed by atoms with Crippen molar-refractivity contribution in [2.45, 2.75) is 38.8 Å². The summed E-state index contributed by atoms with van der Waals surface area (Å²) < 4.78 is 10.9. The van der Waals surface area contributed by atoms with Gasteiger partial charge in [0.2, 0.25) is 11.7 Å². The van der Waals surface area contributed by atoms with Crippen LogP contribution in [0.15, 0.2) is 4.52 Å². The molecule has 2 rings (SSSR count). The van der Waals surface area contributed by atoms with Gasteiger partial charge in [-0.25, -0.2) is 0 Å². The molecule has 1 aromatic heterocycles. The van der Waals surface area contributed by atoms with E-state index >= 15 is 0 Å². The fourth-order valence-electron chi connectivity index (χ4n) is 1.68. The lowest BCUT2D eigenvalue weighted by molar-refractivity contribution is 0.0677. The van der Waals surface area contributed by atoms with Crippen LogP contribution < -0.4 is 5.32 Å². The van der Waals surface area contributed by atoms with Gasteiger partial charge in [-0.3, -0.25) is 0 Å². The Balaban J connectivity index is 1.82. The number of nitrogens with zero attached hydrogens (tertiary/aromatic N) is 2. The molecule has 0 aromatic carbocycles. The van der Waals surface area contributed by atoms with Crippen molar-refractivity contribution in [2.75, 3.05) is 24.7 Å². The Morgan fingerprint density at radius 1 is 1.44 bits per heavy atom. The lowest BCUT2D eigenvalue weighted by atomic mass is 10.1. The first-order valence-electron chi connectivity index (χ1n) is 6.31. The normalized spacial score (nSPS) is 21.2. The molecule has 6 heteroatoms. The van der Waals surface area contributed by atoms with Gasteiger partial charge in [0.25, 0.3) is 0 Å². The zero-order valence-electron chi connectivity index (χ0n) is 11.2. The van der Waals surface area contributed by atoms with E-state index in [4.69, 9.17) is 9.26 Å². The Morgan fingerprint density at radius 3 is 2.94 bits per heavy atom. The maximum atomic E-state index is 5.61. The number of hydrogen-bond donors (Lipinski definition) is 1. The second-order valence-corrected chi connectivity index (χ2v) is 6.56. The Morgan fingerprint density at radius 2 is 2.28 bits per heavy atom. The van der Waals surface area contributed by atoms with Crippen LogP contribution in [0.3, 0.4) is 0 Å². The quantitative estimate of drug-likeness (QED) is 0.901. The van der Waals surface area contributed by atoms with Crippen LogP contribution in [-0.4, -0.2) is 40.3 Å². The predicted octanol–water partition coefficient (Wildman–Crippen LogP) is 1.80. The molecule has 0 saturated carbocycles. The SMILES string of the molecule is CC(C)(C)NCCc1nc(C2CSCCO2)no1. The van der Waals surface area contributed by atoms with E-state index in [0.29, 0.717) is 11.7 Å². The summed E-state index contributed by atoms with van der Waals surface area (Å²) in [5, 5.41) is 7.40. The molecule has 1 atom stereocenters. The molecule has 0 spiro atoms. The summed E-state index contributed by atoms with van der Waals surface area (Å²) in [6, 6.07) is 0. The predicted molar refractivity (Wildman–Crippen MR) is 71.8 cm³/mol. The standard InChI is InChI=1S/C12H21N3O2S/c1-12(2,3)13-5-4-10-14-11(15-17-10)9-8-18-7-6-16-9/h9,13H,4-8H2,1-3H3. The number of hydrogen-bond acceptors (Lipinski definition) is 6. The molecule has 0 amide bonds. The molecule has 5 nitrogen and oxygen atoms in total. The van der Waals surface area contributed by atoms with Crippen molar-refractivity contribution in [3.8, 4) is 0 Å². The first kappa shape index (κ1) is 13.8. The molecule has 0 bridgehead atoms. The Bertz CT molecular complexity index is 370. The van der Waals surface area contributed by atoms with Gasteiger partial charge < -0.3 is 14.6 Å². The number of rotatable bonds is 4. The smallest absolute Gasteiger partial charge is 0.228 e. The van der Waals surface area contributed by atoms with Crippen LogP contribution in [0.5, 0.6) is 0 Å². The highest BCUT2D eigenvalue weighted by atomic mass is 32.2. The van der Waals surface area contributed by atoms with Gasteiger partial charge in [0, 0.05) is 30.0 Å². The van der Waals surface area contributed by atoms with Crippen molar-refractivity contribution in [3.63, 3.8) is 0 Å². The van der Waals surface area contributed by atoms with Crippen LogP contribution in [0, 0.1) is 0 Å². The zero-order valence-corrected chi connectivity index (χ0v) is 12.0. The van der Waals surface area contributed by atoms with Crippen molar-refractivity contribution in [1.82, 2.24) is 15.5 Å². The molecule has 1 N–H and O–H groups in total. The molecule has 1 aliphatic rings. The van der Waals surface area contributed by atoms with E-state index in [9.17, 15) is 0 Å². The Kier molecular flexibility index (Phi) is 4.64. The van der Waals surface area contributed by atoms with Crippen LogP contribution in [0.4, 0.5) is 0 Å². The molecule has 1 aromatic rings. The van der Waals surface area contributed by atoms with Crippen LogP contribution in [0.2, 0.25) is 0 Å². The maximum absolute atomic E-state index is 5.61. The average Bonchev–Trinajstić information content (AvgIpc) is 2.77. The second kappa shape index (κ2) is 6.04. The van der Waals surface area contributed by atoms with Crippen LogP contribution in [-0.2, 0) is 11.2 Å². The minimum absolute atomic E-state index is 0.00294. The minimum Gasteiger partial charge on any atom is -0.368 e. The van der Waals surface area contributed by atoms with Crippen molar-refractivity contribution >= 4 is 11.8 Å². The molecular weight excluding hydrogens is 250 g/mol. The number of ether oxygens (including phenoxy) is 1. The molecule has 0 aliphatic carbocycles. The molecule has 0 radical (unpaired) electrons. The molecule has 1 fully saturated rings. The molecule has 18 heavy (non-hydrogen) atoms. The van der Waals surface area contributed by atoms with Gasteiger partial charge in [-0.15, -0.1) is 0 Å². The molecule has 1 saturated heterocycles. The molecule has 1 unspecified atom stereocenters. The van der Waals surface area contributed by atoms with Crippen LogP contribution in [0.25, 0.3) is 0 Å². The third-order valence-corrected chi connectivity index (χ3v) is 3.58. The number of aromatic nitrogens is 2. The molecular formula is C12H21N3O2S. The van der Waals surface area contributed by atoms with Gasteiger partial charge in [-0.2, -0.15) is 16.7 Å². The summed E-state index contributed by atoms with van der Waals surface area (Å²) in [4.78, 5) is 4.40. The first-order chi connectivity index (χ1) is 8.54. The van der Waals surface area contributed by atoms with Crippen molar-refractivity contribution in [3.05, 3.63) is 11.7 Å². The van der Waals surface area contributed by atoms with E-state index in [1.807, 2.05) is 11.8 Å². The highest BCUT2D eigenvalue weighted by Gasteiger charge is 2.22. The summed E-state index contributed by atoms with van der Waals surface area (Å²) in [6.07, 6.45) is 0.751. The van der Waals surface area contributed by atoms with E-state index in [1.54, 1.807) is 0 Å². The average molecular weight is 271 g/mol. The van der Waals surface area contributed by atoms with Crippen LogP contribution in [0.1, 0.15) is 38.6 Å². The van der Waals surface area contributed by atoms with E-state index in [1.165, 1.54) is 0 Å².